The van der Waals surface area contributed by atoms with Gasteiger partial charge in [0.2, 0.25) is 0 Å². The molecule has 1 heterocycles. The smallest absolute Gasteiger partial charge is 0.350 e. The molecule has 0 spiro atoms. The van der Waals surface area contributed by atoms with Crippen LogP contribution in [0.4, 0.5) is 0 Å². The number of rotatable bonds is 0. The van der Waals surface area contributed by atoms with Crippen molar-refractivity contribution < 1.29 is 0 Å². The largest absolute Gasteiger partial charge is 0.365 e. The van der Waals surface area contributed by atoms with E-state index in [9.17, 15) is 0 Å². The standard InChI is InChI=1S/C6H6BNS2/c8-7-9-5-3-1-2-4-6(5)10-7/h1-4H,8H2. The summed E-state index contributed by atoms with van der Waals surface area (Å²) in [6.07, 6.45) is 0. The van der Waals surface area contributed by atoms with Crippen molar-refractivity contribution >= 4 is 28.6 Å². The highest BCUT2D eigenvalue weighted by molar-refractivity contribution is 8.55. The molecular formula is C6H6BNS2. The molecule has 0 unspecified atom stereocenters. The molecule has 0 saturated heterocycles. The molecule has 1 nitrogen and oxygen atoms in total. The molecule has 2 rings (SSSR count). The first-order chi connectivity index (χ1) is 4.86. The van der Waals surface area contributed by atoms with E-state index in [4.69, 9.17) is 5.64 Å². The molecule has 0 amide bonds. The Balaban J connectivity index is 2.42. The summed E-state index contributed by atoms with van der Waals surface area (Å²) in [4.78, 5) is 2.64. The van der Waals surface area contributed by atoms with Gasteiger partial charge in [-0.2, -0.15) is 0 Å². The summed E-state index contributed by atoms with van der Waals surface area (Å²) in [7, 11) is 0. The summed E-state index contributed by atoms with van der Waals surface area (Å²) in [6, 6.07) is 8.31. The average Bonchev–Trinajstić information content (AvgIpc) is 2.27. The normalized spacial score (nSPS) is 15.5. The van der Waals surface area contributed by atoms with Gasteiger partial charge in [0.25, 0.3) is 0 Å². The average molecular weight is 167 g/mol. The molecule has 10 heavy (non-hydrogen) atoms. The van der Waals surface area contributed by atoms with Crippen molar-refractivity contribution in [1.29, 1.82) is 0 Å². The lowest BCUT2D eigenvalue weighted by Gasteiger charge is -1.91. The van der Waals surface area contributed by atoms with Crippen LogP contribution >= 0.6 is 23.2 Å². The highest BCUT2D eigenvalue weighted by Crippen LogP contribution is 2.42. The van der Waals surface area contributed by atoms with Gasteiger partial charge in [-0.3, -0.25) is 0 Å². The summed E-state index contributed by atoms with van der Waals surface area (Å²) >= 11 is 3.46. The van der Waals surface area contributed by atoms with Gasteiger partial charge in [0, 0.05) is 9.79 Å². The molecule has 2 N–H and O–H groups in total. The number of hydrogen-bond acceptors (Lipinski definition) is 3. The van der Waals surface area contributed by atoms with Crippen molar-refractivity contribution in [2.75, 3.05) is 0 Å². The Bertz CT molecular complexity index is 228. The van der Waals surface area contributed by atoms with Gasteiger partial charge in [-0.05, 0) is 12.1 Å². The molecule has 0 fully saturated rings. The minimum atomic E-state index is 0.206. The molecular weight excluding hydrogens is 161 g/mol. The van der Waals surface area contributed by atoms with E-state index in [-0.39, 0.29) is 5.40 Å². The van der Waals surface area contributed by atoms with Crippen molar-refractivity contribution in [1.82, 2.24) is 0 Å². The van der Waals surface area contributed by atoms with Crippen LogP contribution in [-0.4, -0.2) is 5.40 Å². The molecule has 1 aromatic rings. The molecule has 0 aliphatic carbocycles. The van der Waals surface area contributed by atoms with Gasteiger partial charge >= 0.3 is 5.40 Å². The van der Waals surface area contributed by atoms with E-state index in [1.807, 2.05) is 12.1 Å². The minimum Gasteiger partial charge on any atom is -0.350 e. The Morgan fingerprint density at radius 2 is 1.60 bits per heavy atom. The number of nitrogens with two attached hydrogens (primary N) is 1. The van der Waals surface area contributed by atoms with Crippen LogP contribution in [-0.2, 0) is 0 Å². The lowest BCUT2D eigenvalue weighted by molar-refractivity contribution is 1.27. The second-order valence-electron chi connectivity index (χ2n) is 2.05. The van der Waals surface area contributed by atoms with Crippen molar-refractivity contribution in [2.45, 2.75) is 9.79 Å². The Morgan fingerprint density at radius 1 is 1.10 bits per heavy atom. The molecule has 4 heteroatoms. The highest BCUT2D eigenvalue weighted by Gasteiger charge is 2.22. The zero-order valence-electron chi connectivity index (χ0n) is 5.28. The fraction of sp³-hybridized carbons (Fsp3) is 0. The predicted molar refractivity (Wildman–Crippen MR) is 48.1 cm³/mol. The van der Waals surface area contributed by atoms with Gasteiger partial charge in [0.1, 0.15) is 0 Å². The minimum absolute atomic E-state index is 0.206. The summed E-state index contributed by atoms with van der Waals surface area (Å²) in [5.41, 5.74) is 5.71. The molecule has 0 bridgehead atoms. The van der Waals surface area contributed by atoms with E-state index in [1.54, 1.807) is 23.2 Å². The second-order valence-corrected chi connectivity index (χ2v) is 4.72. The lowest BCUT2D eigenvalue weighted by Crippen LogP contribution is -2.12. The monoisotopic (exact) mass is 167 g/mol. The van der Waals surface area contributed by atoms with Crippen LogP contribution in [0.1, 0.15) is 0 Å². The van der Waals surface area contributed by atoms with Crippen molar-refractivity contribution in [3.63, 3.8) is 0 Å². The van der Waals surface area contributed by atoms with Crippen LogP contribution in [0.5, 0.6) is 0 Å². The molecule has 1 aliphatic heterocycles. The Hall–Kier alpha value is -0.0551. The van der Waals surface area contributed by atoms with E-state index in [0.717, 1.165) is 0 Å². The van der Waals surface area contributed by atoms with E-state index in [1.165, 1.54) is 9.79 Å². The predicted octanol–water partition coefficient (Wildman–Crippen LogP) is 1.83. The van der Waals surface area contributed by atoms with E-state index >= 15 is 0 Å². The summed E-state index contributed by atoms with van der Waals surface area (Å²) in [6.45, 7) is 0. The fourth-order valence-corrected chi connectivity index (χ4v) is 3.21. The third kappa shape index (κ3) is 1.07. The number of hydrogen-bond donors (Lipinski definition) is 1. The van der Waals surface area contributed by atoms with E-state index in [2.05, 4.69) is 12.1 Å². The topological polar surface area (TPSA) is 26.0 Å². The van der Waals surface area contributed by atoms with Gasteiger partial charge in [0.05, 0.1) is 0 Å². The first-order valence-corrected chi connectivity index (χ1v) is 4.80. The second kappa shape index (κ2) is 2.53. The van der Waals surface area contributed by atoms with Crippen LogP contribution in [0.25, 0.3) is 0 Å². The van der Waals surface area contributed by atoms with Gasteiger partial charge in [-0.1, -0.05) is 12.1 Å². The Morgan fingerprint density at radius 3 is 2.10 bits per heavy atom. The van der Waals surface area contributed by atoms with E-state index < -0.39 is 0 Å². The van der Waals surface area contributed by atoms with Crippen LogP contribution in [0.15, 0.2) is 34.1 Å². The summed E-state index contributed by atoms with van der Waals surface area (Å²) in [5, 5.41) is 0.206. The third-order valence-electron chi connectivity index (χ3n) is 1.34. The number of benzene rings is 1. The lowest BCUT2D eigenvalue weighted by atomic mass is 10.4. The highest BCUT2D eigenvalue weighted by atomic mass is 32.2. The van der Waals surface area contributed by atoms with Gasteiger partial charge in [0.15, 0.2) is 0 Å². The molecule has 0 radical (unpaired) electrons. The maximum absolute atomic E-state index is 5.71. The molecule has 0 aromatic heterocycles. The molecule has 1 aliphatic rings. The van der Waals surface area contributed by atoms with E-state index in [0.29, 0.717) is 0 Å². The van der Waals surface area contributed by atoms with Gasteiger partial charge < -0.3 is 5.64 Å². The first kappa shape index (κ1) is 6.64. The summed E-state index contributed by atoms with van der Waals surface area (Å²) < 4.78 is 0. The Labute approximate surface area is 68.7 Å². The Kier molecular flexibility index (Phi) is 1.68. The number of fused-ring (bicyclic) bond motifs is 1. The SMILES string of the molecule is NB1Sc2ccccc2S1. The molecule has 1 aromatic carbocycles. The van der Waals surface area contributed by atoms with Gasteiger partial charge in [-0.15, -0.1) is 23.2 Å². The van der Waals surface area contributed by atoms with Crippen molar-refractivity contribution in [3.05, 3.63) is 24.3 Å². The maximum Gasteiger partial charge on any atom is 0.365 e. The van der Waals surface area contributed by atoms with Crippen LogP contribution in [0.3, 0.4) is 0 Å². The van der Waals surface area contributed by atoms with Crippen LogP contribution in [0, 0.1) is 0 Å². The van der Waals surface area contributed by atoms with Crippen molar-refractivity contribution in [3.8, 4) is 0 Å². The zero-order valence-corrected chi connectivity index (χ0v) is 6.91. The quantitative estimate of drug-likeness (QED) is 0.597. The zero-order chi connectivity index (χ0) is 6.97. The maximum atomic E-state index is 5.71. The van der Waals surface area contributed by atoms with Crippen molar-refractivity contribution in [2.24, 2.45) is 5.64 Å². The van der Waals surface area contributed by atoms with Crippen LogP contribution in [0.2, 0.25) is 0 Å². The first-order valence-electron chi connectivity index (χ1n) is 3.04. The molecule has 0 saturated carbocycles. The van der Waals surface area contributed by atoms with Gasteiger partial charge in [-0.25, -0.2) is 0 Å². The molecule has 50 valence electrons. The summed E-state index contributed by atoms with van der Waals surface area (Å²) in [5.74, 6) is 0. The fourth-order valence-electron chi connectivity index (χ4n) is 0.919. The third-order valence-corrected chi connectivity index (χ3v) is 3.73. The van der Waals surface area contributed by atoms with Crippen LogP contribution < -0.4 is 5.64 Å². The molecule has 0 atom stereocenters.